The third-order valence-electron chi connectivity index (χ3n) is 3.95. The third-order valence-corrected chi connectivity index (χ3v) is 3.95. The highest BCUT2D eigenvalue weighted by Crippen LogP contribution is 2.39. The van der Waals surface area contributed by atoms with Gasteiger partial charge in [-0.05, 0) is 59.2 Å². The van der Waals surface area contributed by atoms with Gasteiger partial charge in [0.05, 0.1) is 30.5 Å². The maximum absolute atomic E-state index is 9.48. The molecule has 0 saturated carbocycles. The molecule has 1 saturated heterocycles. The van der Waals surface area contributed by atoms with E-state index in [2.05, 4.69) is 33.0 Å². The van der Waals surface area contributed by atoms with Crippen LogP contribution in [0.1, 0.15) is 46.6 Å². The van der Waals surface area contributed by atoms with Gasteiger partial charge in [0.1, 0.15) is 5.75 Å². The van der Waals surface area contributed by atoms with Gasteiger partial charge < -0.3 is 19.9 Å². The zero-order valence-electron chi connectivity index (χ0n) is 13.7. The number of hydrogen-bond donors (Lipinski definition) is 2. The van der Waals surface area contributed by atoms with E-state index in [-0.39, 0.29) is 23.9 Å². The molecule has 2 N–H and O–H groups in total. The third kappa shape index (κ3) is 3.69. The highest BCUT2D eigenvalue weighted by molar-refractivity contribution is 5.52. The zero-order chi connectivity index (χ0) is 15.7. The molecule has 118 valence electrons. The van der Waals surface area contributed by atoms with Crippen molar-refractivity contribution < 1.29 is 14.6 Å². The van der Waals surface area contributed by atoms with Crippen molar-refractivity contribution in [1.29, 1.82) is 0 Å². The van der Waals surface area contributed by atoms with E-state index in [1.54, 1.807) is 0 Å². The standard InChI is InChI=1S/C17H27NO3/c1-6-20-14-8-7-13(9-12(14)11-19)18-15-10-16(2,3)21-17(15,4)5/h7-9,15,18-19H,6,10-11H2,1-5H3. The molecule has 1 unspecified atom stereocenters. The second kappa shape index (κ2) is 5.85. The highest BCUT2D eigenvalue weighted by atomic mass is 16.5. The molecule has 0 bridgehead atoms. The minimum absolute atomic E-state index is 0.0269. The van der Waals surface area contributed by atoms with Crippen molar-refractivity contribution in [2.24, 2.45) is 0 Å². The van der Waals surface area contributed by atoms with Gasteiger partial charge >= 0.3 is 0 Å². The summed E-state index contributed by atoms with van der Waals surface area (Å²) < 4.78 is 11.6. The molecule has 2 rings (SSSR count). The van der Waals surface area contributed by atoms with Gasteiger partial charge in [0.25, 0.3) is 0 Å². The lowest BCUT2D eigenvalue weighted by atomic mass is 9.94. The molecule has 0 aromatic heterocycles. The van der Waals surface area contributed by atoms with Crippen molar-refractivity contribution in [2.75, 3.05) is 11.9 Å². The van der Waals surface area contributed by atoms with Gasteiger partial charge in [0.15, 0.2) is 0 Å². The number of ether oxygens (including phenoxy) is 2. The summed E-state index contributed by atoms with van der Waals surface area (Å²) in [5, 5.41) is 13.0. The van der Waals surface area contributed by atoms with Crippen LogP contribution in [0.2, 0.25) is 0 Å². The Hall–Kier alpha value is -1.26. The Labute approximate surface area is 127 Å². The number of rotatable bonds is 5. The quantitative estimate of drug-likeness (QED) is 0.874. The Morgan fingerprint density at radius 3 is 2.57 bits per heavy atom. The van der Waals surface area contributed by atoms with Crippen molar-refractivity contribution in [1.82, 2.24) is 0 Å². The van der Waals surface area contributed by atoms with Crippen LogP contribution in [0.15, 0.2) is 18.2 Å². The summed E-state index contributed by atoms with van der Waals surface area (Å²) in [6, 6.07) is 6.08. The average Bonchev–Trinajstić information content (AvgIpc) is 2.59. The topological polar surface area (TPSA) is 50.7 Å². The maximum Gasteiger partial charge on any atom is 0.124 e. The van der Waals surface area contributed by atoms with E-state index in [1.165, 1.54) is 0 Å². The molecule has 4 heteroatoms. The monoisotopic (exact) mass is 293 g/mol. The van der Waals surface area contributed by atoms with Gasteiger partial charge in [-0.15, -0.1) is 0 Å². The van der Waals surface area contributed by atoms with Crippen molar-refractivity contribution in [3.05, 3.63) is 23.8 Å². The Morgan fingerprint density at radius 1 is 1.33 bits per heavy atom. The number of nitrogens with one attached hydrogen (secondary N) is 1. The lowest BCUT2D eigenvalue weighted by Gasteiger charge is -2.28. The second-order valence-electron chi connectivity index (χ2n) is 6.78. The summed E-state index contributed by atoms with van der Waals surface area (Å²) in [4.78, 5) is 0. The van der Waals surface area contributed by atoms with Gasteiger partial charge in [-0.3, -0.25) is 0 Å². The van der Waals surface area contributed by atoms with Crippen molar-refractivity contribution in [3.8, 4) is 5.75 Å². The number of anilines is 1. The number of benzene rings is 1. The summed E-state index contributed by atoms with van der Waals surface area (Å²) in [7, 11) is 0. The molecular formula is C17H27NO3. The molecule has 0 amide bonds. The van der Waals surface area contributed by atoms with E-state index in [4.69, 9.17) is 9.47 Å². The van der Waals surface area contributed by atoms with Crippen LogP contribution < -0.4 is 10.1 Å². The van der Waals surface area contributed by atoms with Crippen LogP contribution in [0.25, 0.3) is 0 Å². The SMILES string of the molecule is CCOc1ccc(NC2CC(C)(C)OC2(C)C)cc1CO. The molecule has 1 aliphatic rings. The Bertz CT molecular complexity index is 497. The van der Waals surface area contributed by atoms with Gasteiger partial charge in [0, 0.05) is 11.3 Å². The Morgan fingerprint density at radius 2 is 2.05 bits per heavy atom. The maximum atomic E-state index is 9.48. The summed E-state index contributed by atoms with van der Waals surface area (Å²) >= 11 is 0. The second-order valence-corrected chi connectivity index (χ2v) is 6.78. The predicted octanol–water partition coefficient (Wildman–Crippen LogP) is 3.34. The largest absolute Gasteiger partial charge is 0.494 e. The molecule has 1 aromatic carbocycles. The van der Waals surface area contributed by atoms with Crippen molar-refractivity contribution in [2.45, 2.75) is 64.9 Å². The normalized spacial score (nSPS) is 23.0. The molecule has 0 spiro atoms. The lowest BCUT2D eigenvalue weighted by molar-refractivity contribution is -0.0662. The first-order chi connectivity index (χ1) is 9.77. The fourth-order valence-electron chi connectivity index (χ4n) is 3.08. The molecule has 1 aromatic rings. The van der Waals surface area contributed by atoms with E-state index in [0.29, 0.717) is 6.61 Å². The molecule has 1 fully saturated rings. The fourth-order valence-corrected chi connectivity index (χ4v) is 3.08. The predicted molar refractivity (Wildman–Crippen MR) is 84.8 cm³/mol. The summed E-state index contributed by atoms with van der Waals surface area (Å²) in [6.07, 6.45) is 0.946. The molecule has 0 aliphatic carbocycles. The summed E-state index contributed by atoms with van der Waals surface area (Å²) in [5.74, 6) is 0.743. The van der Waals surface area contributed by atoms with E-state index < -0.39 is 0 Å². The van der Waals surface area contributed by atoms with Gasteiger partial charge in [-0.25, -0.2) is 0 Å². The molecule has 1 aliphatic heterocycles. The fraction of sp³-hybridized carbons (Fsp3) is 0.647. The smallest absolute Gasteiger partial charge is 0.124 e. The molecule has 1 atom stereocenters. The first-order valence-electron chi connectivity index (χ1n) is 7.61. The van der Waals surface area contributed by atoms with E-state index >= 15 is 0 Å². The van der Waals surface area contributed by atoms with Crippen molar-refractivity contribution >= 4 is 5.69 Å². The number of hydrogen-bond acceptors (Lipinski definition) is 4. The minimum Gasteiger partial charge on any atom is -0.494 e. The highest BCUT2D eigenvalue weighted by Gasteiger charge is 2.45. The lowest BCUT2D eigenvalue weighted by Crippen LogP contribution is -2.38. The molecular weight excluding hydrogens is 266 g/mol. The number of aliphatic hydroxyl groups excluding tert-OH is 1. The van der Waals surface area contributed by atoms with E-state index in [9.17, 15) is 5.11 Å². The Kier molecular flexibility index (Phi) is 4.49. The first kappa shape index (κ1) is 16.1. The first-order valence-corrected chi connectivity index (χ1v) is 7.61. The Balaban J connectivity index is 2.16. The van der Waals surface area contributed by atoms with E-state index in [1.807, 2.05) is 25.1 Å². The number of aliphatic hydroxyl groups is 1. The average molecular weight is 293 g/mol. The van der Waals surface area contributed by atoms with Gasteiger partial charge in [0.2, 0.25) is 0 Å². The van der Waals surface area contributed by atoms with Crippen molar-refractivity contribution in [3.63, 3.8) is 0 Å². The molecule has 1 heterocycles. The van der Waals surface area contributed by atoms with Crippen LogP contribution in [0.4, 0.5) is 5.69 Å². The molecule has 4 nitrogen and oxygen atoms in total. The molecule has 0 radical (unpaired) electrons. The van der Waals surface area contributed by atoms with Gasteiger partial charge in [-0.2, -0.15) is 0 Å². The summed E-state index contributed by atoms with van der Waals surface area (Å²) in [6.45, 7) is 11.0. The summed E-state index contributed by atoms with van der Waals surface area (Å²) in [5.41, 5.74) is 1.45. The van der Waals surface area contributed by atoms with Crippen LogP contribution in [-0.2, 0) is 11.3 Å². The zero-order valence-corrected chi connectivity index (χ0v) is 13.7. The van der Waals surface area contributed by atoms with Crippen LogP contribution in [0, 0.1) is 0 Å². The van der Waals surface area contributed by atoms with Crippen LogP contribution in [0.3, 0.4) is 0 Å². The van der Waals surface area contributed by atoms with Gasteiger partial charge in [-0.1, -0.05) is 0 Å². The van der Waals surface area contributed by atoms with Crippen LogP contribution in [-0.4, -0.2) is 29.0 Å². The molecule has 21 heavy (non-hydrogen) atoms. The van der Waals surface area contributed by atoms with Crippen LogP contribution in [0.5, 0.6) is 5.75 Å². The minimum atomic E-state index is -0.221. The van der Waals surface area contributed by atoms with Crippen LogP contribution >= 0.6 is 0 Å². The van der Waals surface area contributed by atoms with E-state index in [0.717, 1.165) is 23.4 Å².